The van der Waals surface area contributed by atoms with Crippen LogP contribution in [0.3, 0.4) is 0 Å². The van der Waals surface area contributed by atoms with Gasteiger partial charge in [-0.2, -0.15) is 0 Å². The van der Waals surface area contributed by atoms with E-state index < -0.39 is 0 Å². The summed E-state index contributed by atoms with van der Waals surface area (Å²) < 4.78 is 0. The Morgan fingerprint density at radius 2 is 0.500 bits per heavy atom. The van der Waals surface area contributed by atoms with Gasteiger partial charge in [0.1, 0.15) is 0 Å². The molecule has 0 fully saturated rings. The molecule has 0 aliphatic rings. The van der Waals surface area contributed by atoms with Gasteiger partial charge >= 0.3 is 0 Å². The molecule has 0 saturated carbocycles. The van der Waals surface area contributed by atoms with Gasteiger partial charge in [0.2, 0.25) is 0 Å². The number of hydrogen-bond donors (Lipinski definition) is 0. The van der Waals surface area contributed by atoms with E-state index >= 15 is 0 Å². The van der Waals surface area contributed by atoms with Crippen LogP contribution in [-0.2, 0) is 51.4 Å². The molecule has 0 spiro atoms. The molecule has 0 aliphatic heterocycles. The number of hydrogen-bond acceptors (Lipinski definition) is 0. The zero-order valence-electron chi connectivity index (χ0n) is 26.5. The van der Waals surface area contributed by atoms with Crippen molar-refractivity contribution in [1.82, 2.24) is 0 Å². The number of aryl methyl sites for hydroxylation is 4. The van der Waals surface area contributed by atoms with Gasteiger partial charge in [-0.3, -0.25) is 0 Å². The molecule has 0 N–H and O–H groups in total. The molecule has 0 bridgehead atoms. The molecule has 0 atom stereocenters. The van der Waals surface area contributed by atoms with Crippen LogP contribution in [-0.4, -0.2) is 0 Å². The monoisotopic (exact) mass is 518 g/mol. The maximum absolute atomic E-state index is 2.53. The van der Waals surface area contributed by atoms with E-state index in [4.69, 9.17) is 0 Å². The quantitative estimate of drug-likeness (QED) is 0.154. The fourth-order valence-electron chi connectivity index (χ4n) is 6.19. The molecule has 0 aromatic heterocycles. The van der Waals surface area contributed by atoms with Crippen molar-refractivity contribution in [3.63, 3.8) is 0 Å². The van der Waals surface area contributed by atoms with E-state index in [0.29, 0.717) is 0 Å². The zero-order chi connectivity index (χ0) is 27.6. The molecule has 0 heteroatoms. The molecule has 0 radical (unpaired) electrons. The Morgan fingerprint density at radius 3 is 0.737 bits per heavy atom. The van der Waals surface area contributed by atoms with E-state index in [1.807, 2.05) is 0 Å². The van der Waals surface area contributed by atoms with Crippen LogP contribution in [0.4, 0.5) is 0 Å². The summed E-state index contributed by atoms with van der Waals surface area (Å²) >= 11 is 0. The second kappa shape index (κ2) is 19.5. The van der Waals surface area contributed by atoms with Gasteiger partial charge in [-0.15, -0.1) is 0 Å². The van der Waals surface area contributed by atoms with Gasteiger partial charge in [0.15, 0.2) is 0 Å². The molecule has 0 amide bonds. The summed E-state index contributed by atoms with van der Waals surface area (Å²) in [5.41, 5.74) is 13.6. The highest BCUT2D eigenvalue weighted by atomic mass is 14.2. The van der Waals surface area contributed by atoms with Crippen LogP contribution in [0.15, 0.2) is 24.3 Å². The standard InChI is InChI=1S/C38H62/c1-7-13-19-31-25-27-33(21-15-9-3)37(35(31)23-17-11-5)29-30-38-34(22-16-10-4)28-26-32(20-14-8-2)36(38)24-18-12-6/h25-28H,7-24,29-30H2,1-6H3. The lowest BCUT2D eigenvalue weighted by Crippen LogP contribution is -2.11. The smallest absolute Gasteiger partial charge is 0.0232 e. The summed E-state index contributed by atoms with van der Waals surface area (Å²) in [6.07, 6.45) is 25.6. The summed E-state index contributed by atoms with van der Waals surface area (Å²) in [6, 6.07) is 10.1. The number of rotatable bonds is 21. The van der Waals surface area contributed by atoms with Crippen LogP contribution in [0.25, 0.3) is 0 Å². The minimum absolute atomic E-state index is 1.23. The molecule has 2 rings (SSSR count). The fraction of sp³-hybridized carbons (Fsp3) is 0.684. The van der Waals surface area contributed by atoms with Crippen molar-refractivity contribution in [1.29, 1.82) is 0 Å². The first-order valence-corrected chi connectivity index (χ1v) is 16.9. The lowest BCUT2D eigenvalue weighted by Gasteiger charge is -2.23. The zero-order valence-corrected chi connectivity index (χ0v) is 26.5. The second-order valence-electron chi connectivity index (χ2n) is 11.8. The Labute approximate surface area is 238 Å². The normalized spacial score (nSPS) is 11.4. The van der Waals surface area contributed by atoms with Crippen molar-refractivity contribution in [3.8, 4) is 0 Å². The van der Waals surface area contributed by atoms with E-state index in [1.54, 1.807) is 44.5 Å². The lowest BCUT2D eigenvalue weighted by atomic mass is 9.82. The van der Waals surface area contributed by atoms with Crippen LogP contribution >= 0.6 is 0 Å². The van der Waals surface area contributed by atoms with E-state index in [2.05, 4.69) is 65.8 Å². The molecule has 38 heavy (non-hydrogen) atoms. The van der Waals surface area contributed by atoms with Crippen molar-refractivity contribution in [2.45, 2.75) is 170 Å². The Hall–Kier alpha value is -1.56. The van der Waals surface area contributed by atoms with Crippen molar-refractivity contribution in [2.75, 3.05) is 0 Å². The highest BCUT2D eigenvalue weighted by molar-refractivity contribution is 5.45. The molecule has 0 nitrogen and oxygen atoms in total. The maximum atomic E-state index is 2.53. The van der Waals surface area contributed by atoms with Crippen molar-refractivity contribution in [2.24, 2.45) is 0 Å². The molecule has 0 unspecified atom stereocenters. The molecule has 0 heterocycles. The SMILES string of the molecule is CCCCc1ccc(CCCC)c(CCc2c(CCCC)ccc(CCCC)c2CCCC)c1CCCC. The fourth-order valence-corrected chi connectivity index (χ4v) is 6.19. The summed E-state index contributed by atoms with van der Waals surface area (Å²) in [4.78, 5) is 0. The third-order valence-corrected chi connectivity index (χ3v) is 8.63. The second-order valence-corrected chi connectivity index (χ2v) is 11.8. The molecular formula is C38H62. The Kier molecular flexibility index (Phi) is 16.7. The first-order chi connectivity index (χ1) is 18.6. The average molecular weight is 519 g/mol. The van der Waals surface area contributed by atoms with Gasteiger partial charge in [-0.05, 0) is 134 Å². The molecule has 0 aliphatic carbocycles. The summed E-state index contributed by atoms with van der Waals surface area (Å²) in [5, 5.41) is 0. The third kappa shape index (κ3) is 10.2. The van der Waals surface area contributed by atoms with Crippen molar-refractivity contribution < 1.29 is 0 Å². The van der Waals surface area contributed by atoms with Crippen LogP contribution in [0.2, 0.25) is 0 Å². The topological polar surface area (TPSA) is 0 Å². The Balaban J connectivity index is 2.56. The van der Waals surface area contributed by atoms with Crippen molar-refractivity contribution >= 4 is 0 Å². The van der Waals surface area contributed by atoms with Gasteiger partial charge in [-0.25, -0.2) is 0 Å². The van der Waals surface area contributed by atoms with Crippen LogP contribution in [0.1, 0.15) is 163 Å². The molecular weight excluding hydrogens is 456 g/mol. The predicted molar refractivity (Wildman–Crippen MR) is 172 cm³/mol. The molecule has 2 aromatic carbocycles. The first kappa shape index (κ1) is 32.7. The first-order valence-electron chi connectivity index (χ1n) is 16.9. The van der Waals surface area contributed by atoms with Gasteiger partial charge in [0.25, 0.3) is 0 Å². The largest absolute Gasteiger partial charge is 0.0654 e. The van der Waals surface area contributed by atoms with Crippen LogP contribution in [0, 0.1) is 0 Å². The third-order valence-electron chi connectivity index (χ3n) is 8.63. The Morgan fingerprint density at radius 1 is 0.289 bits per heavy atom. The maximum Gasteiger partial charge on any atom is -0.0232 e. The van der Waals surface area contributed by atoms with Gasteiger partial charge < -0.3 is 0 Å². The van der Waals surface area contributed by atoms with Gasteiger partial charge in [0.05, 0.1) is 0 Å². The number of benzene rings is 2. The minimum atomic E-state index is 1.23. The highest BCUT2D eigenvalue weighted by Gasteiger charge is 2.17. The molecule has 0 saturated heterocycles. The van der Waals surface area contributed by atoms with E-state index in [1.165, 1.54) is 128 Å². The minimum Gasteiger partial charge on any atom is -0.0654 e. The summed E-state index contributed by atoms with van der Waals surface area (Å²) in [6.45, 7) is 14.1. The summed E-state index contributed by atoms with van der Waals surface area (Å²) in [7, 11) is 0. The predicted octanol–water partition coefficient (Wildman–Crippen LogP) is 11.5. The Bertz CT molecular complexity index is 827. The average Bonchev–Trinajstić information content (AvgIpc) is 2.94. The molecule has 2 aromatic rings. The van der Waals surface area contributed by atoms with Crippen molar-refractivity contribution in [3.05, 3.63) is 68.8 Å². The molecule has 214 valence electrons. The summed E-state index contributed by atoms with van der Waals surface area (Å²) in [5.74, 6) is 0. The van der Waals surface area contributed by atoms with Gasteiger partial charge in [0, 0.05) is 0 Å². The van der Waals surface area contributed by atoms with Crippen LogP contribution in [0.5, 0.6) is 0 Å². The number of unbranched alkanes of at least 4 members (excludes halogenated alkanes) is 6. The highest BCUT2D eigenvalue weighted by Crippen LogP contribution is 2.30. The van der Waals surface area contributed by atoms with Gasteiger partial charge in [-0.1, -0.05) is 104 Å². The lowest BCUT2D eigenvalue weighted by molar-refractivity contribution is 0.722. The van der Waals surface area contributed by atoms with E-state index in [0.717, 1.165) is 0 Å². The van der Waals surface area contributed by atoms with E-state index in [-0.39, 0.29) is 0 Å². The van der Waals surface area contributed by atoms with E-state index in [9.17, 15) is 0 Å². The van der Waals surface area contributed by atoms with Crippen LogP contribution < -0.4 is 0 Å².